The molecule has 0 saturated heterocycles. The highest BCUT2D eigenvalue weighted by atomic mass is 16.5. The Morgan fingerprint density at radius 2 is 2.04 bits per heavy atom. The van der Waals surface area contributed by atoms with Gasteiger partial charge in [-0.3, -0.25) is 4.79 Å². The van der Waals surface area contributed by atoms with E-state index in [4.69, 9.17) is 9.47 Å². The SMILES string of the molecule is CCOc1ncccc1C(=O)NCc1ccc(OC)c(C(=O)O)c1. The van der Waals surface area contributed by atoms with Crippen molar-refractivity contribution in [3.63, 3.8) is 0 Å². The van der Waals surface area contributed by atoms with Crippen LogP contribution in [0.2, 0.25) is 0 Å². The van der Waals surface area contributed by atoms with Crippen molar-refractivity contribution in [2.75, 3.05) is 13.7 Å². The smallest absolute Gasteiger partial charge is 0.339 e. The molecule has 0 radical (unpaired) electrons. The number of aromatic carboxylic acids is 1. The second-order valence-electron chi connectivity index (χ2n) is 4.81. The highest BCUT2D eigenvalue weighted by molar-refractivity contribution is 5.96. The van der Waals surface area contributed by atoms with Gasteiger partial charge in [-0.05, 0) is 36.8 Å². The number of ether oxygens (including phenoxy) is 2. The van der Waals surface area contributed by atoms with Crippen molar-refractivity contribution in [1.29, 1.82) is 0 Å². The molecule has 2 rings (SSSR count). The van der Waals surface area contributed by atoms with Crippen LogP contribution < -0.4 is 14.8 Å². The van der Waals surface area contributed by atoms with E-state index in [0.717, 1.165) is 0 Å². The molecule has 0 aliphatic carbocycles. The number of pyridine rings is 1. The number of benzene rings is 1. The molecule has 0 aliphatic heterocycles. The van der Waals surface area contributed by atoms with E-state index in [1.807, 2.05) is 0 Å². The largest absolute Gasteiger partial charge is 0.496 e. The standard InChI is InChI=1S/C17H18N2O5/c1-3-24-16-12(5-4-8-18-16)15(20)19-10-11-6-7-14(23-2)13(9-11)17(21)22/h4-9H,3,10H2,1-2H3,(H,19,20)(H,21,22). The fraction of sp³-hybridized carbons (Fsp3) is 0.235. The molecule has 0 spiro atoms. The molecular formula is C17H18N2O5. The van der Waals surface area contributed by atoms with Crippen LogP contribution in [0.15, 0.2) is 36.5 Å². The van der Waals surface area contributed by atoms with Crippen molar-refractivity contribution >= 4 is 11.9 Å². The van der Waals surface area contributed by atoms with Crippen molar-refractivity contribution in [2.45, 2.75) is 13.5 Å². The van der Waals surface area contributed by atoms with Crippen LogP contribution in [0.4, 0.5) is 0 Å². The monoisotopic (exact) mass is 330 g/mol. The van der Waals surface area contributed by atoms with Gasteiger partial charge in [0.15, 0.2) is 0 Å². The van der Waals surface area contributed by atoms with Gasteiger partial charge in [0.1, 0.15) is 16.9 Å². The summed E-state index contributed by atoms with van der Waals surface area (Å²) in [7, 11) is 1.40. The maximum Gasteiger partial charge on any atom is 0.339 e. The van der Waals surface area contributed by atoms with Crippen LogP contribution in [-0.2, 0) is 6.54 Å². The van der Waals surface area contributed by atoms with Crippen LogP contribution in [-0.4, -0.2) is 35.7 Å². The summed E-state index contributed by atoms with van der Waals surface area (Å²) in [4.78, 5) is 27.5. The van der Waals surface area contributed by atoms with Gasteiger partial charge in [0.2, 0.25) is 5.88 Å². The van der Waals surface area contributed by atoms with Crippen LogP contribution >= 0.6 is 0 Å². The van der Waals surface area contributed by atoms with Crippen molar-refractivity contribution in [3.05, 3.63) is 53.2 Å². The van der Waals surface area contributed by atoms with E-state index in [1.54, 1.807) is 37.4 Å². The molecule has 1 heterocycles. The molecular weight excluding hydrogens is 312 g/mol. The third kappa shape index (κ3) is 4.01. The van der Waals surface area contributed by atoms with Gasteiger partial charge in [-0.2, -0.15) is 0 Å². The van der Waals surface area contributed by atoms with Crippen molar-refractivity contribution < 1.29 is 24.2 Å². The zero-order valence-corrected chi connectivity index (χ0v) is 13.4. The predicted molar refractivity (Wildman–Crippen MR) is 86.5 cm³/mol. The van der Waals surface area contributed by atoms with E-state index in [-0.39, 0.29) is 29.6 Å². The Kier molecular flexibility index (Phi) is 5.73. The number of carboxylic acid groups (broad SMARTS) is 1. The van der Waals surface area contributed by atoms with Crippen molar-refractivity contribution in [1.82, 2.24) is 10.3 Å². The third-order valence-corrected chi connectivity index (χ3v) is 3.24. The molecule has 7 nitrogen and oxygen atoms in total. The molecule has 0 aliphatic rings. The Morgan fingerprint density at radius 3 is 2.71 bits per heavy atom. The number of aromatic nitrogens is 1. The van der Waals surface area contributed by atoms with Crippen LogP contribution in [0, 0.1) is 0 Å². The zero-order valence-electron chi connectivity index (χ0n) is 13.4. The average Bonchev–Trinajstić information content (AvgIpc) is 2.60. The fourth-order valence-electron chi connectivity index (χ4n) is 2.13. The molecule has 2 aromatic rings. The van der Waals surface area contributed by atoms with E-state index >= 15 is 0 Å². The maximum atomic E-state index is 12.3. The van der Waals surface area contributed by atoms with Gasteiger partial charge >= 0.3 is 5.97 Å². The molecule has 1 aromatic carbocycles. The maximum absolute atomic E-state index is 12.3. The number of rotatable bonds is 7. The molecule has 0 fully saturated rings. The summed E-state index contributed by atoms with van der Waals surface area (Å²) in [5.41, 5.74) is 1.01. The zero-order chi connectivity index (χ0) is 17.5. The quantitative estimate of drug-likeness (QED) is 0.807. The van der Waals surface area contributed by atoms with Gasteiger partial charge in [-0.15, -0.1) is 0 Å². The molecule has 24 heavy (non-hydrogen) atoms. The summed E-state index contributed by atoms with van der Waals surface area (Å²) >= 11 is 0. The molecule has 0 unspecified atom stereocenters. The number of carbonyl (C=O) groups is 2. The number of hydrogen-bond acceptors (Lipinski definition) is 5. The molecule has 126 valence electrons. The number of methoxy groups -OCH3 is 1. The molecule has 7 heteroatoms. The van der Waals surface area contributed by atoms with Gasteiger partial charge in [0, 0.05) is 12.7 Å². The summed E-state index contributed by atoms with van der Waals surface area (Å²) in [6.45, 7) is 2.38. The Balaban J connectivity index is 2.12. The summed E-state index contributed by atoms with van der Waals surface area (Å²) < 4.78 is 10.3. The first kappa shape index (κ1) is 17.3. The lowest BCUT2D eigenvalue weighted by Crippen LogP contribution is -2.24. The molecule has 0 saturated carbocycles. The highest BCUT2D eigenvalue weighted by Gasteiger charge is 2.15. The van der Waals surface area contributed by atoms with E-state index in [1.165, 1.54) is 13.2 Å². The molecule has 0 atom stereocenters. The molecule has 2 N–H and O–H groups in total. The van der Waals surface area contributed by atoms with Crippen molar-refractivity contribution in [3.8, 4) is 11.6 Å². The Bertz CT molecular complexity index is 746. The van der Waals surface area contributed by atoms with Crippen LogP contribution in [0.5, 0.6) is 11.6 Å². The minimum atomic E-state index is -1.09. The fourth-order valence-corrected chi connectivity index (χ4v) is 2.13. The van der Waals surface area contributed by atoms with E-state index in [0.29, 0.717) is 17.7 Å². The van der Waals surface area contributed by atoms with Gasteiger partial charge in [-0.1, -0.05) is 6.07 Å². The average molecular weight is 330 g/mol. The van der Waals surface area contributed by atoms with Crippen molar-refractivity contribution in [2.24, 2.45) is 0 Å². The number of amides is 1. The van der Waals surface area contributed by atoms with Crippen LogP contribution in [0.25, 0.3) is 0 Å². The lowest BCUT2D eigenvalue weighted by Gasteiger charge is -2.11. The minimum Gasteiger partial charge on any atom is -0.496 e. The molecule has 0 bridgehead atoms. The summed E-state index contributed by atoms with van der Waals surface area (Å²) in [5, 5.41) is 11.9. The summed E-state index contributed by atoms with van der Waals surface area (Å²) in [6, 6.07) is 7.98. The molecule has 1 amide bonds. The van der Waals surface area contributed by atoms with Crippen LogP contribution in [0.3, 0.4) is 0 Å². The molecule has 1 aromatic heterocycles. The van der Waals surface area contributed by atoms with Gasteiger partial charge < -0.3 is 19.9 Å². The first-order valence-electron chi connectivity index (χ1n) is 7.33. The van der Waals surface area contributed by atoms with E-state index in [2.05, 4.69) is 10.3 Å². The normalized spacial score (nSPS) is 10.1. The topological polar surface area (TPSA) is 97.8 Å². The minimum absolute atomic E-state index is 0.0423. The first-order valence-corrected chi connectivity index (χ1v) is 7.33. The second kappa shape index (κ2) is 7.96. The number of nitrogens with zero attached hydrogens (tertiary/aromatic N) is 1. The Hall–Kier alpha value is -3.09. The first-order chi connectivity index (χ1) is 11.6. The Labute approximate surface area is 139 Å². The Morgan fingerprint density at radius 1 is 1.25 bits per heavy atom. The van der Waals surface area contributed by atoms with E-state index < -0.39 is 5.97 Å². The highest BCUT2D eigenvalue weighted by Crippen LogP contribution is 2.20. The van der Waals surface area contributed by atoms with E-state index in [9.17, 15) is 14.7 Å². The number of hydrogen-bond donors (Lipinski definition) is 2. The van der Waals surface area contributed by atoms with Gasteiger partial charge in [0.05, 0.1) is 13.7 Å². The lowest BCUT2D eigenvalue weighted by atomic mass is 10.1. The number of nitrogens with one attached hydrogen (secondary N) is 1. The lowest BCUT2D eigenvalue weighted by molar-refractivity contribution is 0.0693. The van der Waals surface area contributed by atoms with Gasteiger partial charge in [-0.25, -0.2) is 9.78 Å². The number of carboxylic acids is 1. The van der Waals surface area contributed by atoms with Crippen LogP contribution in [0.1, 0.15) is 33.2 Å². The predicted octanol–water partition coefficient (Wildman–Crippen LogP) is 2.12. The summed E-state index contributed by atoms with van der Waals surface area (Å²) in [5.74, 6) is -0.910. The number of carbonyl (C=O) groups excluding carboxylic acids is 1. The second-order valence-corrected chi connectivity index (χ2v) is 4.81. The third-order valence-electron chi connectivity index (χ3n) is 3.24. The summed E-state index contributed by atoms with van der Waals surface area (Å²) in [6.07, 6.45) is 1.55. The van der Waals surface area contributed by atoms with Gasteiger partial charge in [0.25, 0.3) is 5.91 Å².